The molecule has 1 saturated heterocycles. The molecule has 116 valence electrons. The lowest BCUT2D eigenvalue weighted by Crippen LogP contribution is -2.48. The van der Waals surface area contributed by atoms with Crippen LogP contribution in [-0.2, 0) is 9.53 Å². The number of nitrogens with one attached hydrogen (secondary N) is 2. The lowest BCUT2D eigenvalue weighted by molar-refractivity contribution is -0.119. The fraction of sp³-hybridized carbons (Fsp3) is 0.500. The number of nitrogens with zero attached hydrogens (tertiary/aromatic N) is 1. The van der Waals surface area contributed by atoms with Gasteiger partial charge in [-0.15, -0.1) is 0 Å². The highest BCUT2D eigenvalue weighted by atomic mass is 35.5. The van der Waals surface area contributed by atoms with E-state index in [9.17, 15) is 9.18 Å². The van der Waals surface area contributed by atoms with Gasteiger partial charge in [0.15, 0.2) is 0 Å². The molecular formula is C14H19ClFN3O2. The molecule has 0 aliphatic carbocycles. The average molecular weight is 316 g/mol. The summed E-state index contributed by atoms with van der Waals surface area (Å²) in [6.07, 6.45) is 0.0730. The van der Waals surface area contributed by atoms with Gasteiger partial charge in [-0.2, -0.15) is 0 Å². The van der Waals surface area contributed by atoms with E-state index in [-0.39, 0.29) is 24.2 Å². The summed E-state index contributed by atoms with van der Waals surface area (Å²) >= 11 is 5.67. The van der Waals surface area contributed by atoms with Crippen LogP contribution in [-0.4, -0.2) is 56.7 Å². The fourth-order valence-electron chi connectivity index (χ4n) is 2.26. The van der Waals surface area contributed by atoms with Gasteiger partial charge in [0.2, 0.25) is 5.91 Å². The molecule has 1 aromatic rings. The quantitative estimate of drug-likeness (QED) is 0.861. The summed E-state index contributed by atoms with van der Waals surface area (Å²) in [5, 5.41) is 5.91. The van der Waals surface area contributed by atoms with Crippen LogP contribution in [0, 0.1) is 5.82 Å². The van der Waals surface area contributed by atoms with E-state index in [1.54, 1.807) is 0 Å². The molecule has 5 nitrogen and oxygen atoms in total. The Labute approximate surface area is 128 Å². The molecule has 7 heteroatoms. The standard InChI is InChI=1S/C14H19ClFN3O2/c1-17-7-11-8-19(4-5-21-11)9-14(20)18-13-3-2-10(15)6-12(13)16/h2-3,6,11,17H,4-5,7-9H2,1H3,(H,18,20). The van der Waals surface area contributed by atoms with E-state index in [2.05, 4.69) is 10.6 Å². The van der Waals surface area contributed by atoms with Crippen molar-refractivity contribution in [1.29, 1.82) is 0 Å². The molecule has 1 aromatic carbocycles. The van der Waals surface area contributed by atoms with Crippen LogP contribution in [0.4, 0.5) is 10.1 Å². The molecule has 0 spiro atoms. The van der Waals surface area contributed by atoms with Crippen LogP contribution in [0.5, 0.6) is 0 Å². The first-order valence-electron chi connectivity index (χ1n) is 6.82. The first-order valence-corrected chi connectivity index (χ1v) is 7.19. The first-order chi connectivity index (χ1) is 10.1. The molecule has 1 atom stereocenters. The Hall–Kier alpha value is -1.21. The zero-order valence-electron chi connectivity index (χ0n) is 11.9. The Bertz CT molecular complexity index is 499. The van der Waals surface area contributed by atoms with Gasteiger partial charge in [0.05, 0.1) is 24.9 Å². The molecule has 0 saturated carbocycles. The number of anilines is 1. The number of benzene rings is 1. The summed E-state index contributed by atoms with van der Waals surface area (Å²) in [4.78, 5) is 14.0. The van der Waals surface area contributed by atoms with Gasteiger partial charge in [-0.1, -0.05) is 11.6 Å². The van der Waals surface area contributed by atoms with E-state index in [1.807, 2.05) is 11.9 Å². The maximum absolute atomic E-state index is 13.6. The number of likely N-dealkylation sites (N-methyl/N-ethyl adjacent to an activating group) is 1. The van der Waals surface area contributed by atoms with Crippen molar-refractivity contribution in [2.45, 2.75) is 6.10 Å². The minimum absolute atomic E-state index is 0.0730. The Morgan fingerprint density at radius 2 is 2.38 bits per heavy atom. The number of rotatable bonds is 5. The maximum atomic E-state index is 13.6. The number of carbonyl (C=O) groups is 1. The predicted molar refractivity (Wildman–Crippen MR) is 80.1 cm³/mol. The summed E-state index contributed by atoms with van der Waals surface area (Å²) in [5.74, 6) is -0.785. The summed E-state index contributed by atoms with van der Waals surface area (Å²) < 4.78 is 19.2. The molecule has 21 heavy (non-hydrogen) atoms. The molecule has 1 heterocycles. The van der Waals surface area contributed by atoms with Crippen molar-refractivity contribution in [3.8, 4) is 0 Å². The third-order valence-corrected chi connectivity index (χ3v) is 3.46. The lowest BCUT2D eigenvalue weighted by atomic mass is 10.2. The van der Waals surface area contributed by atoms with Crippen LogP contribution in [0.25, 0.3) is 0 Å². The topological polar surface area (TPSA) is 53.6 Å². The number of morpholine rings is 1. The lowest BCUT2D eigenvalue weighted by Gasteiger charge is -2.32. The van der Waals surface area contributed by atoms with Gasteiger partial charge in [0.25, 0.3) is 0 Å². The Balaban J connectivity index is 1.86. The van der Waals surface area contributed by atoms with E-state index in [0.29, 0.717) is 24.7 Å². The van der Waals surface area contributed by atoms with Crippen LogP contribution < -0.4 is 10.6 Å². The minimum Gasteiger partial charge on any atom is -0.374 e. The van der Waals surface area contributed by atoms with Gasteiger partial charge in [-0.05, 0) is 25.2 Å². The van der Waals surface area contributed by atoms with Crippen molar-refractivity contribution < 1.29 is 13.9 Å². The number of ether oxygens (including phenoxy) is 1. The van der Waals surface area contributed by atoms with Gasteiger partial charge in [-0.25, -0.2) is 4.39 Å². The molecule has 0 aromatic heterocycles. The smallest absolute Gasteiger partial charge is 0.238 e. The van der Waals surface area contributed by atoms with Crippen LogP contribution in [0.3, 0.4) is 0 Å². The van der Waals surface area contributed by atoms with Crippen molar-refractivity contribution in [3.05, 3.63) is 29.0 Å². The van der Waals surface area contributed by atoms with E-state index in [0.717, 1.165) is 6.54 Å². The van der Waals surface area contributed by atoms with E-state index in [4.69, 9.17) is 16.3 Å². The summed E-state index contributed by atoms with van der Waals surface area (Å²) in [6.45, 7) is 2.92. The van der Waals surface area contributed by atoms with Crippen molar-refractivity contribution in [3.63, 3.8) is 0 Å². The third-order valence-electron chi connectivity index (χ3n) is 3.23. The molecule has 1 fully saturated rings. The maximum Gasteiger partial charge on any atom is 0.238 e. The number of amides is 1. The molecule has 1 aliphatic heterocycles. The predicted octanol–water partition coefficient (Wildman–Crippen LogP) is 1.34. The van der Waals surface area contributed by atoms with Crippen LogP contribution in [0.1, 0.15) is 0 Å². The van der Waals surface area contributed by atoms with Crippen LogP contribution in [0.2, 0.25) is 5.02 Å². The Morgan fingerprint density at radius 1 is 1.57 bits per heavy atom. The second-order valence-corrected chi connectivity index (χ2v) is 5.39. The monoisotopic (exact) mass is 315 g/mol. The Morgan fingerprint density at radius 3 is 3.10 bits per heavy atom. The Kier molecular flexibility index (Phi) is 5.93. The molecule has 0 bridgehead atoms. The summed E-state index contributed by atoms with van der Waals surface area (Å²) in [5.41, 5.74) is 0.143. The largest absolute Gasteiger partial charge is 0.374 e. The van der Waals surface area contributed by atoms with Gasteiger partial charge in [-0.3, -0.25) is 9.69 Å². The van der Waals surface area contributed by atoms with E-state index >= 15 is 0 Å². The molecule has 1 amide bonds. The third kappa shape index (κ3) is 4.93. The highest BCUT2D eigenvalue weighted by molar-refractivity contribution is 6.30. The first kappa shape index (κ1) is 16.2. The number of hydrogen-bond donors (Lipinski definition) is 2. The number of hydrogen-bond acceptors (Lipinski definition) is 4. The second kappa shape index (κ2) is 7.70. The molecule has 2 rings (SSSR count). The van der Waals surface area contributed by atoms with Gasteiger partial charge in [0, 0.05) is 24.7 Å². The SMILES string of the molecule is CNCC1CN(CC(=O)Nc2ccc(Cl)cc2F)CCO1. The fourth-order valence-corrected chi connectivity index (χ4v) is 2.42. The number of carbonyl (C=O) groups excluding carboxylic acids is 1. The summed E-state index contributed by atoms with van der Waals surface area (Å²) in [6, 6.07) is 4.17. The van der Waals surface area contributed by atoms with Gasteiger partial charge in [0.1, 0.15) is 5.82 Å². The highest BCUT2D eigenvalue weighted by Crippen LogP contribution is 2.18. The minimum atomic E-state index is -0.536. The molecule has 2 N–H and O–H groups in total. The van der Waals surface area contributed by atoms with Crippen LogP contribution in [0.15, 0.2) is 18.2 Å². The van der Waals surface area contributed by atoms with Gasteiger partial charge < -0.3 is 15.4 Å². The second-order valence-electron chi connectivity index (χ2n) is 4.96. The van der Waals surface area contributed by atoms with Gasteiger partial charge >= 0.3 is 0 Å². The normalized spacial score (nSPS) is 19.5. The van der Waals surface area contributed by atoms with E-state index in [1.165, 1.54) is 18.2 Å². The molecule has 0 radical (unpaired) electrons. The van der Waals surface area contributed by atoms with Crippen LogP contribution >= 0.6 is 11.6 Å². The van der Waals surface area contributed by atoms with Crippen molar-refractivity contribution in [1.82, 2.24) is 10.2 Å². The van der Waals surface area contributed by atoms with E-state index < -0.39 is 5.82 Å². The molecule has 1 unspecified atom stereocenters. The highest BCUT2D eigenvalue weighted by Gasteiger charge is 2.21. The molecular weight excluding hydrogens is 297 g/mol. The zero-order valence-corrected chi connectivity index (χ0v) is 12.6. The number of halogens is 2. The van der Waals surface area contributed by atoms with Crippen molar-refractivity contribution in [2.75, 3.05) is 45.2 Å². The average Bonchev–Trinajstić information content (AvgIpc) is 2.43. The van der Waals surface area contributed by atoms with Crippen molar-refractivity contribution in [2.24, 2.45) is 0 Å². The summed E-state index contributed by atoms with van der Waals surface area (Å²) in [7, 11) is 1.86. The molecule has 1 aliphatic rings. The zero-order chi connectivity index (χ0) is 15.2. The van der Waals surface area contributed by atoms with Crippen molar-refractivity contribution >= 4 is 23.2 Å².